The highest BCUT2D eigenvalue weighted by Gasteiger charge is 2.28. The Morgan fingerprint density at radius 2 is 2.03 bits per heavy atom. The van der Waals surface area contributed by atoms with Crippen molar-refractivity contribution in [2.45, 2.75) is 39.0 Å². The van der Waals surface area contributed by atoms with Gasteiger partial charge < -0.3 is 19.4 Å². The van der Waals surface area contributed by atoms with E-state index in [0.717, 1.165) is 29.8 Å². The van der Waals surface area contributed by atoms with Crippen LogP contribution in [0.3, 0.4) is 0 Å². The van der Waals surface area contributed by atoms with E-state index >= 15 is 0 Å². The summed E-state index contributed by atoms with van der Waals surface area (Å²) < 4.78 is 13.3. The number of benzene rings is 2. The minimum atomic E-state index is -0.165. The molecule has 0 radical (unpaired) electrons. The summed E-state index contributed by atoms with van der Waals surface area (Å²) in [7, 11) is 1.68. The Labute approximate surface area is 176 Å². The first kappa shape index (κ1) is 20.3. The van der Waals surface area contributed by atoms with Gasteiger partial charge in [-0.05, 0) is 49.7 Å². The smallest absolute Gasteiger partial charge is 0.259 e. The molecule has 0 spiro atoms. The second-order valence-electron chi connectivity index (χ2n) is 7.54. The molecule has 30 heavy (non-hydrogen) atoms. The van der Waals surface area contributed by atoms with Gasteiger partial charge in [0, 0.05) is 30.1 Å². The second-order valence-corrected chi connectivity index (χ2v) is 7.54. The molecule has 2 aromatic carbocycles. The lowest BCUT2D eigenvalue weighted by atomic mass is 10.1. The van der Waals surface area contributed by atoms with E-state index in [1.807, 2.05) is 37.3 Å². The highest BCUT2D eigenvalue weighted by atomic mass is 16.5. The minimum Gasteiger partial charge on any atom is -0.497 e. The molecular formula is C23H28N4O3. The van der Waals surface area contributed by atoms with Crippen molar-refractivity contribution in [1.82, 2.24) is 20.7 Å². The topological polar surface area (TPSA) is 76.6 Å². The predicted octanol–water partition coefficient (Wildman–Crippen LogP) is 3.04. The van der Waals surface area contributed by atoms with E-state index < -0.39 is 0 Å². The highest BCUT2D eigenvalue weighted by Crippen LogP contribution is 2.30. The van der Waals surface area contributed by atoms with Crippen LogP contribution >= 0.6 is 0 Å². The normalized spacial score (nSPS) is 18.5. The molecule has 158 valence electrons. The van der Waals surface area contributed by atoms with Gasteiger partial charge in [-0.3, -0.25) is 4.79 Å². The Morgan fingerprint density at radius 1 is 1.17 bits per heavy atom. The van der Waals surface area contributed by atoms with E-state index in [0.29, 0.717) is 5.75 Å². The van der Waals surface area contributed by atoms with Crippen molar-refractivity contribution in [3.63, 3.8) is 0 Å². The average Bonchev–Trinajstić information content (AvgIpc) is 3.35. The van der Waals surface area contributed by atoms with E-state index in [2.05, 4.69) is 45.9 Å². The maximum Gasteiger partial charge on any atom is 0.259 e. The van der Waals surface area contributed by atoms with E-state index in [1.165, 1.54) is 11.1 Å². The lowest BCUT2D eigenvalue weighted by molar-refractivity contribution is -0.123. The number of fused-ring (bicyclic) bond motifs is 1. The van der Waals surface area contributed by atoms with Crippen molar-refractivity contribution in [3.8, 4) is 11.5 Å². The molecule has 4 rings (SSSR count). The first-order chi connectivity index (χ1) is 14.6. The molecule has 0 aliphatic carbocycles. The quantitative estimate of drug-likeness (QED) is 0.560. The molecule has 1 fully saturated rings. The largest absolute Gasteiger partial charge is 0.497 e. The predicted molar refractivity (Wildman–Crippen MR) is 116 cm³/mol. The summed E-state index contributed by atoms with van der Waals surface area (Å²) in [6.45, 7) is 4.96. The van der Waals surface area contributed by atoms with Crippen molar-refractivity contribution in [2.75, 3.05) is 13.7 Å². The number of methoxy groups -OCH3 is 1. The number of carbonyl (C=O) groups is 1. The molecule has 1 aliphatic rings. The first-order valence-corrected chi connectivity index (χ1v) is 10.2. The number of carbonyl (C=O) groups excluding carboxylic acids is 1. The van der Waals surface area contributed by atoms with E-state index in [9.17, 15) is 4.79 Å². The van der Waals surface area contributed by atoms with Gasteiger partial charge in [0.2, 0.25) is 0 Å². The summed E-state index contributed by atoms with van der Waals surface area (Å²) in [6.07, 6.45) is 0.574. The molecule has 7 heteroatoms. The van der Waals surface area contributed by atoms with Crippen LogP contribution in [-0.2, 0) is 11.3 Å². The van der Waals surface area contributed by atoms with Crippen molar-refractivity contribution >= 4 is 16.8 Å². The summed E-state index contributed by atoms with van der Waals surface area (Å²) in [6, 6.07) is 16.1. The van der Waals surface area contributed by atoms with E-state index in [-0.39, 0.29) is 24.7 Å². The van der Waals surface area contributed by atoms with Crippen LogP contribution in [0.15, 0.2) is 48.5 Å². The number of nitrogens with zero attached hydrogens (tertiary/aromatic N) is 1. The zero-order chi connectivity index (χ0) is 21.1. The van der Waals surface area contributed by atoms with Gasteiger partial charge in [-0.15, -0.1) is 0 Å². The molecular weight excluding hydrogens is 380 g/mol. The van der Waals surface area contributed by atoms with Gasteiger partial charge in [-0.1, -0.05) is 12.1 Å². The third kappa shape index (κ3) is 4.27. The minimum absolute atomic E-state index is 0.0126. The maximum absolute atomic E-state index is 12.3. The molecule has 1 saturated heterocycles. The summed E-state index contributed by atoms with van der Waals surface area (Å²) in [5.74, 6) is 1.39. The highest BCUT2D eigenvalue weighted by molar-refractivity contribution is 5.83. The molecule has 2 atom stereocenters. The standard InChI is InChI=1S/C23H28N4O3/c1-4-27-20-12-17(29-3)9-8-16(20)11-21(27)19-13-22(26-25-19)24-23(28)14-30-18-7-5-6-15(2)10-18/h5-12,19,22,25-26H,4,13-14H2,1-3H3,(H,24,28). The van der Waals surface area contributed by atoms with Crippen LogP contribution in [0, 0.1) is 6.92 Å². The molecule has 0 saturated carbocycles. The summed E-state index contributed by atoms with van der Waals surface area (Å²) in [4.78, 5) is 12.3. The molecule has 1 aromatic heterocycles. The summed E-state index contributed by atoms with van der Waals surface area (Å²) >= 11 is 0. The van der Waals surface area contributed by atoms with Gasteiger partial charge in [-0.2, -0.15) is 0 Å². The molecule has 1 aliphatic heterocycles. The Kier molecular flexibility index (Phi) is 5.92. The van der Waals surface area contributed by atoms with Crippen LogP contribution in [0.2, 0.25) is 0 Å². The number of rotatable bonds is 7. The fourth-order valence-electron chi connectivity index (χ4n) is 3.96. The number of hydrogen-bond acceptors (Lipinski definition) is 5. The number of aromatic nitrogens is 1. The van der Waals surface area contributed by atoms with Gasteiger partial charge in [-0.25, -0.2) is 10.9 Å². The van der Waals surface area contributed by atoms with Crippen molar-refractivity contribution in [1.29, 1.82) is 0 Å². The molecule has 7 nitrogen and oxygen atoms in total. The lowest BCUT2D eigenvalue weighted by Crippen LogP contribution is -2.45. The Balaban J connectivity index is 1.39. The zero-order valence-electron chi connectivity index (χ0n) is 17.6. The monoisotopic (exact) mass is 408 g/mol. The van der Waals surface area contributed by atoms with Gasteiger partial charge in [0.25, 0.3) is 5.91 Å². The zero-order valence-corrected chi connectivity index (χ0v) is 17.6. The number of ether oxygens (including phenoxy) is 2. The fourth-order valence-corrected chi connectivity index (χ4v) is 3.96. The lowest BCUT2D eigenvalue weighted by Gasteiger charge is -2.14. The first-order valence-electron chi connectivity index (χ1n) is 10.2. The molecule has 1 amide bonds. The van der Waals surface area contributed by atoms with Gasteiger partial charge in [0.15, 0.2) is 6.61 Å². The van der Waals surface area contributed by atoms with Gasteiger partial charge >= 0.3 is 0 Å². The molecule has 0 bridgehead atoms. The number of nitrogens with one attached hydrogen (secondary N) is 3. The number of hydrogen-bond donors (Lipinski definition) is 3. The average molecular weight is 409 g/mol. The third-order valence-corrected chi connectivity index (χ3v) is 5.41. The van der Waals surface area contributed by atoms with Crippen molar-refractivity contribution in [3.05, 3.63) is 59.8 Å². The van der Waals surface area contributed by atoms with E-state index in [1.54, 1.807) is 7.11 Å². The van der Waals surface area contributed by atoms with Crippen LogP contribution in [0.25, 0.3) is 10.9 Å². The van der Waals surface area contributed by atoms with E-state index in [4.69, 9.17) is 9.47 Å². The number of aryl methyl sites for hydroxylation is 2. The van der Waals surface area contributed by atoms with Crippen molar-refractivity contribution < 1.29 is 14.3 Å². The molecule has 2 heterocycles. The maximum atomic E-state index is 12.3. The fraction of sp³-hybridized carbons (Fsp3) is 0.348. The summed E-state index contributed by atoms with van der Waals surface area (Å²) in [5.41, 5.74) is 9.93. The molecule has 3 aromatic rings. The van der Waals surface area contributed by atoms with Crippen molar-refractivity contribution in [2.24, 2.45) is 0 Å². The Morgan fingerprint density at radius 3 is 2.80 bits per heavy atom. The molecule has 3 N–H and O–H groups in total. The van der Waals surface area contributed by atoms with Crippen LogP contribution in [0.4, 0.5) is 0 Å². The third-order valence-electron chi connectivity index (χ3n) is 5.41. The summed E-state index contributed by atoms with van der Waals surface area (Å²) in [5, 5.41) is 4.16. The molecule has 2 unspecified atom stereocenters. The number of amides is 1. The van der Waals surface area contributed by atoms with Gasteiger partial charge in [0.1, 0.15) is 11.5 Å². The Hall–Kier alpha value is -3.03. The Bertz CT molecular complexity index is 1050. The van der Waals surface area contributed by atoms with Crippen LogP contribution in [-0.4, -0.2) is 30.4 Å². The SMILES string of the molecule is CCn1c(C2CC(NC(=O)COc3cccc(C)c3)NN2)cc2ccc(OC)cc21. The number of hydrazine groups is 1. The van der Waals surface area contributed by atoms with Crippen LogP contribution < -0.4 is 25.6 Å². The van der Waals surface area contributed by atoms with Crippen LogP contribution in [0.5, 0.6) is 11.5 Å². The van der Waals surface area contributed by atoms with Gasteiger partial charge in [0.05, 0.1) is 24.8 Å². The second kappa shape index (κ2) is 8.77. The van der Waals surface area contributed by atoms with Crippen LogP contribution in [0.1, 0.15) is 30.6 Å².